The van der Waals surface area contributed by atoms with Gasteiger partial charge in [-0.3, -0.25) is 4.79 Å². The number of benzene rings is 1. The SMILES string of the molecule is C=C(Cc1ccc(CC)c(OC)c1)OC(=C)C(C)CCCC.CC.CC(=O)C(F)(F)C1(C)CC(C)(C)CC(C)(C)C1. The average Bonchev–Trinajstić information content (AvgIpc) is 2.86. The van der Waals surface area contributed by atoms with E-state index in [0.29, 0.717) is 25.2 Å². The van der Waals surface area contributed by atoms with Gasteiger partial charge in [0.25, 0.3) is 0 Å². The summed E-state index contributed by atoms with van der Waals surface area (Å²) in [5, 5.41) is 0. The number of ketones is 1. The summed E-state index contributed by atoms with van der Waals surface area (Å²) < 4.78 is 39.6. The highest BCUT2D eigenvalue weighted by atomic mass is 19.3. The normalized spacial score (nSPS) is 17.5. The van der Waals surface area contributed by atoms with Crippen molar-refractivity contribution in [3.63, 3.8) is 0 Å². The summed E-state index contributed by atoms with van der Waals surface area (Å²) in [6.07, 6.45) is 6.87. The summed E-state index contributed by atoms with van der Waals surface area (Å²) in [6.45, 7) is 29.2. The van der Waals surface area contributed by atoms with Crippen LogP contribution in [-0.2, 0) is 22.4 Å². The number of carbonyl (C=O) groups is 1. The van der Waals surface area contributed by atoms with Crippen LogP contribution < -0.4 is 4.74 Å². The van der Waals surface area contributed by atoms with Gasteiger partial charge in [-0.1, -0.05) is 107 Å². The van der Waals surface area contributed by atoms with Gasteiger partial charge in [0, 0.05) is 24.7 Å². The van der Waals surface area contributed by atoms with E-state index in [1.807, 2.05) is 41.5 Å². The lowest BCUT2D eigenvalue weighted by Gasteiger charge is -2.52. The lowest BCUT2D eigenvalue weighted by Crippen LogP contribution is -2.52. The lowest BCUT2D eigenvalue weighted by atomic mass is 9.53. The topological polar surface area (TPSA) is 35.5 Å². The van der Waals surface area contributed by atoms with Crippen molar-refractivity contribution in [2.24, 2.45) is 22.2 Å². The highest BCUT2D eigenvalue weighted by Gasteiger charge is 2.59. The molecule has 0 aromatic heterocycles. The summed E-state index contributed by atoms with van der Waals surface area (Å²) in [6, 6.07) is 6.29. The monoisotopic (exact) mass is 578 g/mol. The summed E-state index contributed by atoms with van der Waals surface area (Å²) >= 11 is 0. The Balaban J connectivity index is 0.000000757. The van der Waals surface area contributed by atoms with E-state index in [2.05, 4.69) is 52.1 Å². The predicted octanol–water partition coefficient (Wildman–Crippen LogP) is 11.1. The van der Waals surface area contributed by atoms with Crippen LogP contribution in [-0.4, -0.2) is 18.8 Å². The van der Waals surface area contributed by atoms with Gasteiger partial charge >= 0.3 is 5.92 Å². The van der Waals surface area contributed by atoms with Gasteiger partial charge in [-0.15, -0.1) is 0 Å². The van der Waals surface area contributed by atoms with Gasteiger partial charge < -0.3 is 9.47 Å². The third-order valence-corrected chi connectivity index (χ3v) is 7.84. The molecule has 0 amide bonds. The number of ether oxygens (including phenoxy) is 2. The summed E-state index contributed by atoms with van der Waals surface area (Å²) in [5.74, 6) is -1.37. The first-order chi connectivity index (χ1) is 18.8. The van der Waals surface area contributed by atoms with Crippen LogP contribution in [0.5, 0.6) is 5.75 Å². The van der Waals surface area contributed by atoms with Crippen LogP contribution in [0.1, 0.15) is 126 Å². The number of hydrogen-bond acceptors (Lipinski definition) is 3. The van der Waals surface area contributed by atoms with Gasteiger partial charge in [-0.25, -0.2) is 0 Å². The first-order valence-corrected chi connectivity index (χ1v) is 15.4. The highest BCUT2D eigenvalue weighted by Crippen LogP contribution is 2.59. The minimum absolute atomic E-state index is 0.143. The molecule has 0 bridgehead atoms. The molecule has 0 saturated heterocycles. The molecule has 1 aliphatic carbocycles. The molecule has 3 nitrogen and oxygen atoms in total. The first-order valence-electron chi connectivity index (χ1n) is 15.4. The number of alkyl halides is 2. The molecule has 0 spiro atoms. The van der Waals surface area contributed by atoms with E-state index >= 15 is 0 Å². The summed E-state index contributed by atoms with van der Waals surface area (Å²) in [7, 11) is 1.71. The quantitative estimate of drug-likeness (QED) is 0.231. The number of halogens is 2. The Morgan fingerprint density at radius 1 is 1.02 bits per heavy atom. The predicted molar refractivity (Wildman–Crippen MR) is 171 cm³/mol. The molecule has 5 heteroatoms. The van der Waals surface area contributed by atoms with Gasteiger partial charge in [0.1, 0.15) is 11.5 Å². The molecule has 1 unspecified atom stereocenters. The Kier molecular flexibility index (Phi) is 15.6. The van der Waals surface area contributed by atoms with Crippen LogP contribution in [0.4, 0.5) is 8.78 Å². The van der Waals surface area contributed by atoms with Gasteiger partial charge in [-0.05, 0) is 60.1 Å². The summed E-state index contributed by atoms with van der Waals surface area (Å²) in [5.41, 5.74) is 0.859. The number of Topliss-reactive ketones (excluding diaryl/α,β-unsaturated/α-hetero) is 1. The van der Waals surface area contributed by atoms with Crippen molar-refractivity contribution < 1.29 is 23.0 Å². The average molecular weight is 579 g/mol. The maximum Gasteiger partial charge on any atom is 0.310 e. The minimum atomic E-state index is -3.22. The van der Waals surface area contributed by atoms with Crippen molar-refractivity contribution in [2.75, 3.05) is 7.11 Å². The van der Waals surface area contributed by atoms with Crippen LogP contribution in [0.2, 0.25) is 0 Å². The lowest BCUT2D eigenvalue weighted by molar-refractivity contribution is -0.182. The molecular weight excluding hydrogens is 518 g/mol. The zero-order valence-electron chi connectivity index (χ0n) is 28.4. The van der Waals surface area contributed by atoms with E-state index in [1.165, 1.54) is 18.4 Å². The van der Waals surface area contributed by atoms with Gasteiger partial charge in [0.15, 0.2) is 5.78 Å². The third kappa shape index (κ3) is 11.9. The summed E-state index contributed by atoms with van der Waals surface area (Å²) in [4.78, 5) is 11.2. The van der Waals surface area contributed by atoms with Crippen LogP contribution in [0.25, 0.3) is 0 Å². The smallest absolute Gasteiger partial charge is 0.310 e. The molecule has 0 radical (unpaired) electrons. The van der Waals surface area contributed by atoms with Crippen molar-refractivity contribution in [3.8, 4) is 5.75 Å². The number of methoxy groups -OCH3 is 1. The Morgan fingerprint density at radius 3 is 2.00 bits per heavy atom. The Bertz CT molecular complexity index is 975. The molecular formula is C36H60F2O3. The first kappa shape index (κ1) is 38.8. The molecule has 2 rings (SSSR count). The van der Waals surface area contributed by atoms with Crippen LogP contribution in [0.3, 0.4) is 0 Å². The molecule has 1 aliphatic rings. The maximum absolute atomic E-state index is 14.2. The Morgan fingerprint density at radius 2 is 1.56 bits per heavy atom. The van der Waals surface area contributed by atoms with Gasteiger partial charge in [0.05, 0.1) is 12.9 Å². The number of unbranched alkanes of at least 4 members (excludes halogenated alkanes) is 1. The largest absolute Gasteiger partial charge is 0.496 e. The van der Waals surface area contributed by atoms with Crippen molar-refractivity contribution in [1.82, 2.24) is 0 Å². The second-order valence-corrected chi connectivity index (χ2v) is 13.4. The molecule has 0 aliphatic heterocycles. The number of rotatable bonds is 12. The second-order valence-electron chi connectivity index (χ2n) is 13.4. The number of allylic oxidation sites excluding steroid dienone is 2. The van der Waals surface area contributed by atoms with E-state index < -0.39 is 17.1 Å². The Hall–Kier alpha value is -2.17. The van der Waals surface area contributed by atoms with E-state index in [1.54, 1.807) is 14.0 Å². The van der Waals surface area contributed by atoms with E-state index in [0.717, 1.165) is 49.0 Å². The zero-order valence-corrected chi connectivity index (χ0v) is 28.4. The van der Waals surface area contributed by atoms with Crippen molar-refractivity contribution in [1.29, 1.82) is 0 Å². The number of hydrogen-bond donors (Lipinski definition) is 0. The fraction of sp³-hybridized carbons (Fsp3) is 0.694. The molecule has 1 aromatic rings. The molecule has 1 saturated carbocycles. The molecule has 1 fully saturated rings. The molecule has 0 N–H and O–H groups in total. The van der Waals surface area contributed by atoms with Gasteiger partial charge in [0.2, 0.25) is 0 Å². The highest BCUT2D eigenvalue weighted by molar-refractivity contribution is 5.84. The molecule has 236 valence electrons. The van der Waals surface area contributed by atoms with Crippen LogP contribution >= 0.6 is 0 Å². The van der Waals surface area contributed by atoms with Crippen molar-refractivity contribution in [3.05, 3.63) is 54.0 Å². The molecule has 41 heavy (non-hydrogen) atoms. The fourth-order valence-corrected chi connectivity index (χ4v) is 6.65. The molecule has 1 aromatic carbocycles. The van der Waals surface area contributed by atoms with E-state index in [9.17, 15) is 13.6 Å². The second kappa shape index (κ2) is 16.5. The van der Waals surface area contributed by atoms with Crippen LogP contribution in [0.15, 0.2) is 42.9 Å². The van der Waals surface area contributed by atoms with Crippen molar-refractivity contribution >= 4 is 5.78 Å². The fourth-order valence-electron chi connectivity index (χ4n) is 6.65. The molecule has 1 atom stereocenters. The maximum atomic E-state index is 14.2. The van der Waals surface area contributed by atoms with Crippen molar-refractivity contribution in [2.45, 2.75) is 133 Å². The van der Waals surface area contributed by atoms with E-state index in [-0.39, 0.29) is 10.8 Å². The number of aryl methyl sites for hydroxylation is 1. The van der Waals surface area contributed by atoms with Gasteiger partial charge in [-0.2, -0.15) is 8.78 Å². The zero-order chi connectivity index (χ0) is 32.2. The standard InChI is InChI=1S/C20H30O2.C14H24F2O.C2H6/c1-7-9-10-15(3)17(5)22-16(4)13-18-11-12-19(8-2)20(14-18)21-6;1-10(17)14(15,16)13(6)8-11(2,3)7-12(4,5)9-13;1-2/h11-12,14-15H,4-5,7-10,13H2,1-3,6H3;7-9H2,1-6H3;1-2H3. The Labute approximate surface area is 251 Å². The van der Waals surface area contributed by atoms with Crippen LogP contribution in [0, 0.1) is 22.2 Å². The third-order valence-electron chi connectivity index (χ3n) is 7.84. The number of carbonyl (C=O) groups excluding carboxylic acids is 1. The van der Waals surface area contributed by atoms with E-state index in [4.69, 9.17) is 9.47 Å². The molecule has 0 heterocycles. The minimum Gasteiger partial charge on any atom is -0.496 e.